The number of rotatable bonds is 8. The predicted octanol–water partition coefficient (Wildman–Crippen LogP) is 1.53. The molecular formula is C21H29N2O4+. The molecule has 0 unspecified atom stereocenters. The number of hydrogen-bond acceptors (Lipinski definition) is 4. The standard InChI is InChI=1S/C21H28N2O4/c1-2-3-4-5-14-27-18-8-6-16(7-9-18)23-20(25)15-19(21(23)26)22-12-10-17(24)11-13-22/h6-9,19H,2-5,10-15H2,1H3/p+1/t19-/m0/s1. The number of carbonyl (C=O) groups excluding carboxylic acids is 3. The third-order valence-electron chi connectivity index (χ3n) is 5.45. The molecule has 0 bridgehead atoms. The van der Waals surface area contributed by atoms with Crippen molar-refractivity contribution in [2.45, 2.75) is 57.9 Å². The summed E-state index contributed by atoms with van der Waals surface area (Å²) in [5.41, 5.74) is 0.596. The number of unbranched alkanes of at least 4 members (excludes halogenated alkanes) is 3. The molecule has 146 valence electrons. The monoisotopic (exact) mass is 373 g/mol. The zero-order chi connectivity index (χ0) is 19.2. The van der Waals surface area contributed by atoms with Gasteiger partial charge < -0.3 is 9.64 Å². The van der Waals surface area contributed by atoms with Gasteiger partial charge in [-0.2, -0.15) is 0 Å². The summed E-state index contributed by atoms with van der Waals surface area (Å²) >= 11 is 0. The first-order valence-electron chi connectivity index (χ1n) is 10.1. The number of amides is 2. The number of likely N-dealkylation sites (tertiary alicyclic amines) is 1. The van der Waals surface area contributed by atoms with Gasteiger partial charge in [0.15, 0.2) is 6.04 Å². The maximum Gasteiger partial charge on any atom is 0.292 e. The van der Waals surface area contributed by atoms with Gasteiger partial charge in [0, 0.05) is 0 Å². The smallest absolute Gasteiger partial charge is 0.292 e. The van der Waals surface area contributed by atoms with Gasteiger partial charge in [0.1, 0.15) is 11.5 Å². The maximum atomic E-state index is 12.8. The summed E-state index contributed by atoms with van der Waals surface area (Å²) in [5.74, 6) is 0.684. The van der Waals surface area contributed by atoms with Crippen LogP contribution in [0.5, 0.6) is 5.75 Å². The molecule has 0 aromatic heterocycles. The lowest BCUT2D eigenvalue weighted by molar-refractivity contribution is -0.916. The number of anilines is 1. The Morgan fingerprint density at radius 3 is 2.41 bits per heavy atom. The van der Waals surface area contributed by atoms with Gasteiger partial charge in [-0.1, -0.05) is 26.2 Å². The highest BCUT2D eigenvalue weighted by Gasteiger charge is 2.46. The lowest BCUT2D eigenvalue weighted by Gasteiger charge is -2.27. The Balaban J connectivity index is 1.58. The molecule has 0 aliphatic carbocycles. The zero-order valence-corrected chi connectivity index (χ0v) is 16.0. The Kier molecular flexibility index (Phi) is 6.61. The van der Waals surface area contributed by atoms with Crippen molar-refractivity contribution in [3.8, 4) is 5.75 Å². The number of nitrogens with one attached hydrogen (secondary N) is 1. The van der Waals surface area contributed by atoms with Gasteiger partial charge in [0.25, 0.3) is 5.91 Å². The van der Waals surface area contributed by atoms with Crippen molar-refractivity contribution in [3.63, 3.8) is 0 Å². The minimum absolute atomic E-state index is 0.155. The zero-order valence-electron chi connectivity index (χ0n) is 16.0. The number of hydrogen-bond donors (Lipinski definition) is 1. The fourth-order valence-electron chi connectivity index (χ4n) is 3.83. The fourth-order valence-corrected chi connectivity index (χ4v) is 3.83. The van der Waals surface area contributed by atoms with Crippen molar-refractivity contribution in [3.05, 3.63) is 24.3 Å². The van der Waals surface area contributed by atoms with E-state index in [9.17, 15) is 14.4 Å². The first kappa shape index (κ1) is 19.5. The minimum Gasteiger partial charge on any atom is -0.494 e. The van der Waals surface area contributed by atoms with E-state index >= 15 is 0 Å². The number of Topliss-reactive ketones (excluding diaryl/α,β-unsaturated/α-hetero) is 1. The lowest BCUT2D eigenvalue weighted by atomic mass is 10.1. The van der Waals surface area contributed by atoms with Gasteiger partial charge >= 0.3 is 0 Å². The van der Waals surface area contributed by atoms with Crippen LogP contribution in [0.15, 0.2) is 24.3 Å². The molecule has 2 aliphatic heterocycles. The molecule has 2 amide bonds. The fraction of sp³-hybridized carbons (Fsp3) is 0.571. The highest BCUT2D eigenvalue weighted by atomic mass is 16.5. The van der Waals surface area contributed by atoms with Crippen LogP contribution in [-0.2, 0) is 14.4 Å². The lowest BCUT2D eigenvalue weighted by Crippen LogP contribution is -3.17. The number of benzene rings is 1. The molecule has 6 nitrogen and oxygen atoms in total. The molecule has 0 radical (unpaired) electrons. The van der Waals surface area contributed by atoms with Crippen LogP contribution in [-0.4, -0.2) is 43.3 Å². The van der Waals surface area contributed by atoms with E-state index in [4.69, 9.17) is 4.74 Å². The van der Waals surface area contributed by atoms with E-state index in [1.807, 2.05) is 12.1 Å². The van der Waals surface area contributed by atoms with Crippen LogP contribution in [0, 0.1) is 0 Å². The van der Waals surface area contributed by atoms with E-state index in [0.717, 1.165) is 23.5 Å². The number of nitrogens with zero attached hydrogens (tertiary/aromatic N) is 1. The Hall–Kier alpha value is -2.21. The number of ether oxygens (including phenoxy) is 1. The average Bonchev–Trinajstić information content (AvgIpc) is 2.97. The first-order valence-corrected chi connectivity index (χ1v) is 10.1. The molecule has 27 heavy (non-hydrogen) atoms. The normalized spacial score (nSPS) is 21.1. The summed E-state index contributed by atoms with van der Waals surface area (Å²) in [6.45, 7) is 4.14. The molecule has 2 heterocycles. The molecular weight excluding hydrogens is 344 g/mol. The maximum absolute atomic E-state index is 12.8. The van der Waals surface area contributed by atoms with Crippen LogP contribution in [0.2, 0.25) is 0 Å². The Morgan fingerprint density at radius 2 is 1.74 bits per heavy atom. The SMILES string of the molecule is CCCCCCOc1ccc(N2C(=O)C[C@H]([NH+]3CCC(=O)CC3)C2=O)cc1. The van der Waals surface area contributed by atoms with Crippen LogP contribution >= 0.6 is 0 Å². The number of imide groups is 1. The highest BCUT2D eigenvalue weighted by Crippen LogP contribution is 2.25. The largest absolute Gasteiger partial charge is 0.494 e. The average molecular weight is 373 g/mol. The molecule has 0 saturated carbocycles. The van der Waals surface area contributed by atoms with E-state index in [2.05, 4.69) is 6.92 Å². The highest BCUT2D eigenvalue weighted by molar-refractivity contribution is 6.21. The van der Waals surface area contributed by atoms with E-state index in [0.29, 0.717) is 38.2 Å². The summed E-state index contributed by atoms with van der Waals surface area (Å²) in [4.78, 5) is 39.1. The first-order chi connectivity index (χ1) is 13.1. The van der Waals surface area contributed by atoms with Gasteiger partial charge in [0.2, 0.25) is 5.91 Å². The second kappa shape index (κ2) is 9.13. The van der Waals surface area contributed by atoms with Crippen LogP contribution in [0.3, 0.4) is 0 Å². The van der Waals surface area contributed by atoms with E-state index in [1.54, 1.807) is 12.1 Å². The van der Waals surface area contributed by atoms with Crippen LogP contribution in [0.25, 0.3) is 0 Å². The van der Waals surface area contributed by atoms with Crippen molar-refractivity contribution in [2.75, 3.05) is 24.6 Å². The molecule has 3 rings (SSSR count). The molecule has 0 spiro atoms. The number of quaternary nitrogens is 1. The van der Waals surface area contributed by atoms with Crippen LogP contribution in [0.1, 0.15) is 51.9 Å². The number of ketones is 1. The summed E-state index contributed by atoms with van der Waals surface area (Å²) in [6, 6.07) is 6.81. The predicted molar refractivity (Wildman–Crippen MR) is 102 cm³/mol. The van der Waals surface area contributed by atoms with Gasteiger partial charge in [-0.3, -0.25) is 14.4 Å². The Bertz CT molecular complexity index is 676. The summed E-state index contributed by atoms with van der Waals surface area (Å²) < 4.78 is 5.73. The minimum atomic E-state index is -0.361. The topological polar surface area (TPSA) is 68.1 Å². The van der Waals surface area contributed by atoms with Crippen molar-refractivity contribution < 1.29 is 24.0 Å². The Morgan fingerprint density at radius 1 is 1.04 bits per heavy atom. The van der Waals surface area contributed by atoms with Gasteiger partial charge in [-0.15, -0.1) is 0 Å². The van der Waals surface area contributed by atoms with Crippen molar-refractivity contribution >= 4 is 23.3 Å². The van der Waals surface area contributed by atoms with Gasteiger partial charge in [-0.05, 0) is 30.7 Å². The quantitative estimate of drug-likeness (QED) is 0.554. The molecule has 1 aromatic carbocycles. The summed E-state index contributed by atoms with van der Waals surface area (Å²) in [7, 11) is 0. The van der Waals surface area contributed by atoms with E-state index < -0.39 is 0 Å². The summed E-state index contributed by atoms with van der Waals surface area (Å²) in [5, 5.41) is 0. The van der Waals surface area contributed by atoms with Gasteiger partial charge in [-0.25, -0.2) is 4.90 Å². The Labute approximate surface area is 160 Å². The van der Waals surface area contributed by atoms with E-state index in [-0.39, 0.29) is 30.1 Å². The van der Waals surface area contributed by atoms with Crippen molar-refractivity contribution in [2.24, 2.45) is 0 Å². The molecule has 6 heteroatoms. The van der Waals surface area contributed by atoms with Crippen LogP contribution in [0.4, 0.5) is 5.69 Å². The summed E-state index contributed by atoms with van der Waals surface area (Å²) in [6.07, 6.45) is 5.82. The molecule has 1 N–H and O–H groups in total. The molecule has 1 aromatic rings. The number of piperidine rings is 1. The third-order valence-corrected chi connectivity index (χ3v) is 5.45. The second-order valence-corrected chi connectivity index (χ2v) is 7.42. The molecule has 2 aliphatic rings. The number of carbonyl (C=O) groups is 3. The van der Waals surface area contributed by atoms with Gasteiger partial charge in [0.05, 0.1) is 44.6 Å². The second-order valence-electron chi connectivity index (χ2n) is 7.42. The van der Waals surface area contributed by atoms with E-state index in [1.165, 1.54) is 17.7 Å². The van der Waals surface area contributed by atoms with Crippen molar-refractivity contribution in [1.29, 1.82) is 0 Å². The molecule has 2 fully saturated rings. The molecule has 2 saturated heterocycles. The molecule has 1 atom stereocenters. The van der Waals surface area contributed by atoms with Crippen LogP contribution < -0.4 is 14.5 Å². The van der Waals surface area contributed by atoms with Crippen molar-refractivity contribution in [1.82, 2.24) is 0 Å². The third kappa shape index (κ3) is 4.75.